The molecule has 2 N–H and O–H groups in total. The van der Waals surface area contributed by atoms with Gasteiger partial charge in [0.2, 0.25) is 21.8 Å². The summed E-state index contributed by atoms with van der Waals surface area (Å²) in [5, 5.41) is 2.71. The highest BCUT2D eigenvalue weighted by Gasteiger charge is 2.32. The quantitative estimate of drug-likeness (QED) is 0.527. The van der Waals surface area contributed by atoms with Gasteiger partial charge in [-0.3, -0.25) is 9.59 Å². The first-order valence-corrected chi connectivity index (χ1v) is 12.8. The van der Waals surface area contributed by atoms with Gasteiger partial charge in [0.25, 0.3) is 0 Å². The monoisotopic (exact) mass is 492 g/mol. The molecule has 9 heteroatoms. The number of carbonyl (C=O) groups excluding carboxylic acids is 2. The maximum atomic E-state index is 13.3. The van der Waals surface area contributed by atoms with E-state index in [-0.39, 0.29) is 23.3 Å². The average Bonchev–Trinajstić information content (AvgIpc) is 3.15. The van der Waals surface area contributed by atoms with Crippen LogP contribution in [-0.4, -0.2) is 37.3 Å². The predicted molar refractivity (Wildman–Crippen MR) is 135 cm³/mol. The van der Waals surface area contributed by atoms with Crippen molar-refractivity contribution in [2.45, 2.75) is 50.6 Å². The standard InChI is InChI=1S/C26H28N4O4S/c1-17-9-12-25(27-16-17)28-26(32)23(14-20-7-5-4-6-8-20)29-35(33,34)22-10-11-24-21(15-22)13-18(2)30(24)19(3)31/h4-12,15-16,18,23,29H,13-14H2,1-3H3,(H,27,28,32). The van der Waals surface area contributed by atoms with Crippen molar-refractivity contribution in [2.75, 3.05) is 10.2 Å². The van der Waals surface area contributed by atoms with Crippen molar-refractivity contribution in [2.24, 2.45) is 0 Å². The summed E-state index contributed by atoms with van der Waals surface area (Å²) in [5.41, 5.74) is 3.25. The van der Waals surface area contributed by atoms with E-state index >= 15 is 0 Å². The molecule has 3 aromatic rings. The second kappa shape index (κ2) is 9.97. The van der Waals surface area contributed by atoms with E-state index in [4.69, 9.17) is 0 Å². The first kappa shape index (κ1) is 24.6. The van der Waals surface area contributed by atoms with Crippen molar-refractivity contribution in [1.82, 2.24) is 9.71 Å². The molecule has 1 aliphatic rings. The maximum absolute atomic E-state index is 13.3. The van der Waals surface area contributed by atoms with Crippen molar-refractivity contribution in [3.05, 3.63) is 83.6 Å². The molecule has 1 aromatic heterocycles. The van der Waals surface area contributed by atoms with Crippen molar-refractivity contribution in [3.63, 3.8) is 0 Å². The Morgan fingerprint density at radius 1 is 1.11 bits per heavy atom. The molecular weight excluding hydrogens is 464 g/mol. The van der Waals surface area contributed by atoms with Gasteiger partial charge in [0.05, 0.1) is 4.90 Å². The minimum absolute atomic E-state index is 0.0490. The number of aryl methyl sites for hydroxylation is 1. The van der Waals surface area contributed by atoms with Gasteiger partial charge in [-0.25, -0.2) is 13.4 Å². The van der Waals surface area contributed by atoms with Crippen LogP contribution in [0, 0.1) is 6.92 Å². The number of sulfonamides is 1. The van der Waals surface area contributed by atoms with Gasteiger partial charge >= 0.3 is 0 Å². The summed E-state index contributed by atoms with van der Waals surface area (Å²) in [6.07, 6.45) is 2.35. The van der Waals surface area contributed by atoms with E-state index in [1.807, 2.05) is 50.2 Å². The zero-order valence-corrected chi connectivity index (χ0v) is 20.7. The number of pyridine rings is 1. The summed E-state index contributed by atoms with van der Waals surface area (Å²) in [6.45, 7) is 5.30. The summed E-state index contributed by atoms with van der Waals surface area (Å²) in [6, 6.07) is 16.3. The first-order chi connectivity index (χ1) is 16.6. The Morgan fingerprint density at radius 2 is 1.86 bits per heavy atom. The van der Waals surface area contributed by atoms with Crippen molar-refractivity contribution >= 4 is 33.3 Å². The Kier molecular flexibility index (Phi) is 7.00. The molecule has 4 rings (SSSR count). The summed E-state index contributed by atoms with van der Waals surface area (Å²) in [5.74, 6) is -0.255. The zero-order chi connectivity index (χ0) is 25.2. The van der Waals surface area contributed by atoms with Crippen molar-refractivity contribution < 1.29 is 18.0 Å². The number of carbonyl (C=O) groups is 2. The molecule has 1 aliphatic heterocycles. The molecule has 0 fully saturated rings. The Bertz CT molecular complexity index is 1340. The molecule has 2 unspecified atom stereocenters. The number of hydrogen-bond donors (Lipinski definition) is 2. The molecule has 35 heavy (non-hydrogen) atoms. The molecule has 2 heterocycles. The summed E-state index contributed by atoms with van der Waals surface area (Å²) < 4.78 is 29.3. The summed E-state index contributed by atoms with van der Waals surface area (Å²) in [7, 11) is -4.04. The number of benzene rings is 2. The fourth-order valence-electron chi connectivity index (χ4n) is 4.30. The number of nitrogens with zero attached hydrogens (tertiary/aromatic N) is 2. The van der Waals surface area contributed by atoms with Gasteiger partial charge in [0.15, 0.2) is 0 Å². The van der Waals surface area contributed by atoms with Gasteiger partial charge in [-0.2, -0.15) is 4.72 Å². The lowest BCUT2D eigenvalue weighted by Gasteiger charge is -2.21. The van der Waals surface area contributed by atoms with E-state index in [1.165, 1.54) is 13.0 Å². The molecule has 182 valence electrons. The highest BCUT2D eigenvalue weighted by Crippen LogP contribution is 2.34. The minimum atomic E-state index is -4.04. The van der Waals surface area contributed by atoms with Crippen molar-refractivity contribution in [1.29, 1.82) is 0 Å². The van der Waals surface area contributed by atoms with E-state index in [0.717, 1.165) is 16.7 Å². The maximum Gasteiger partial charge on any atom is 0.244 e. The van der Waals surface area contributed by atoms with Crippen LogP contribution in [0.5, 0.6) is 0 Å². The third-order valence-corrected chi connectivity index (χ3v) is 7.44. The predicted octanol–water partition coefficient (Wildman–Crippen LogP) is 3.22. The molecule has 0 saturated carbocycles. The number of anilines is 2. The number of nitrogens with one attached hydrogen (secondary N) is 2. The number of amides is 2. The highest BCUT2D eigenvalue weighted by atomic mass is 32.2. The van der Waals surface area contributed by atoms with Crippen LogP contribution < -0.4 is 14.9 Å². The Labute approximate surface area is 205 Å². The van der Waals surface area contributed by atoms with Gasteiger partial charge < -0.3 is 10.2 Å². The van der Waals surface area contributed by atoms with Gasteiger partial charge in [0.1, 0.15) is 11.9 Å². The Balaban J connectivity index is 1.60. The SMILES string of the molecule is CC(=O)N1c2ccc(S(=O)(=O)NC(Cc3ccccc3)C(=O)Nc3ccc(C)cn3)cc2CC1C. The van der Waals surface area contributed by atoms with E-state index in [1.54, 1.807) is 29.3 Å². The highest BCUT2D eigenvalue weighted by molar-refractivity contribution is 7.89. The largest absolute Gasteiger partial charge is 0.309 e. The normalized spacial score (nSPS) is 16.0. The second-order valence-corrected chi connectivity index (χ2v) is 10.5. The molecule has 0 aliphatic carbocycles. The minimum Gasteiger partial charge on any atom is -0.309 e. The molecule has 2 aromatic carbocycles. The van der Waals surface area contributed by atoms with Crippen LogP contribution in [0.1, 0.15) is 30.5 Å². The van der Waals surface area contributed by atoms with E-state index in [0.29, 0.717) is 17.9 Å². The zero-order valence-electron chi connectivity index (χ0n) is 19.9. The van der Waals surface area contributed by atoms with Crippen LogP contribution in [0.15, 0.2) is 71.8 Å². The number of aromatic nitrogens is 1. The number of hydrogen-bond acceptors (Lipinski definition) is 5. The van der Waals surface area contributed by atoms with Crippen LogP contribution in [-0.2, 0) is 32.5 Å². The molecule has 8 nitrogen and oxygen atoms in total. The smallest absolute Gasteiger partial charge is 0.244 e. The molecule has 0 spiro atoms. The van der Waals surface area contributed by atoms with Gasteiger partial charge in [-0.15, -0.1) is 0 Å². The van der Waals surface area contributed by atoms with Gasteiger partial charge in [-0.05, 0) is 67.6 Å². The lowest BCUT2D eigenvalue weighted by Crippen LogP contribution is -2.45. The molecular formula is C26H28N4O4S. The van der Waals surface area contributed by atoms with Crippen LogP contribution >= 0.6 is 0 Å². The van der Waals surface area contributed by atoms with Crippen LogP contribution in [0.3, 0.4) is 0 Å². The number of rotatable bonds is 7. The molecule has 2 atom stereocenters. The second-order valence-electron chi connectivity index (χ2n) is 8.81. The van der Waals surface area contributed by atoms with E-state index in [2.05, 4.69) is 15.0 Å². The topological polar surface area (TPSA) is 108 Å². The lowest BCUT2D eigenvalue weighted by molar-refractivity contribution is -0.118. The lowest BCUT2D eigenvalue weighted by atomic mass is 10.1. The Hall–Kier alpha value is -3.56. The van der Waals surface area contributed by atoms with E-state index < -0.39 is 22.0 Å². The number of fused-ring (bicyclic) bond motifs is 1. The molecule has 0 radical (unpaired) electrons. The van der Waals surface area contributed by atoms with Crippen molar-refractivity contribution in [3.8, 4) is 0 Å². The summed E-state index contributed by atoms with van der Waals surface area (Å²) in [4.78, 5) is 31.1. The third-order valence-electron chi connectivity index (χ3n) is 5.98. The molecule has 2 amide bonds. The molecule has 0 bridgehead atoms. The first-order valence-electron chi connectivity index (χ1n) is 11.4. The fourth-order valence-corrected chi connectivity index (χ4v) is 5.55. The van der Waals surface area contributed by atoms with Crippen LogP contribution in [0.4, 0.5) is 11.5 Å². The van der Waals surface area contributed by atoms with Gasteiger partial charge in [0, 0.05) is 24.8 Å². The fraction of sp³-hybridized carbons (Fsp3) is 0.269. The van der Waals surface area contributed by atoms with Gasteiger partial charge in [-0.1, -0.05) is 36.4 Å². The molecule has 0 saturated heterocycles. The van der Waals surface area contributed by atoms with E-state index in [9.17, 15) is 18.0 Å². The van der Waals surface area contributed by atoms with Crippen LogP contribution in [0.25, 0.3) is 0 Å². The summed E-state index contributed by atoms with van der Waals surface area (Å²) >= 11 is 0. The average molecular weight is 493 g/mol. The van der Waals surface area contributed by atoms with Crippen LogP contribution in [0.2, 0.25) is 0 Å². The third kappa shape index (κ3) is 5.58. The Morgan fingerprint density at radius 3 is 2.51 bits per heavy atom.